The smallest absolute Gasteiger partial charge is 0.350 e. The Morgan fingerprint density at radius 3 is 1.85 bits per heavy atom. The van der Waals surface area contributed by atoms with Crippen molar-refractivity contribution in [1.82, 2.24) is 0 Å². The first-order valence-corrected chi connectivity index (χ1v) is 16.8. The molecule has 0 aliphatic carbocycles. The van der Waals surface area contributed by atoms with Gasteiger partial charge in [0.2, 0.25) is 9.76 Å². The summed E-state index contributed by atoms with van der Waals surface area (Å²) >= 11 is 0. The lowest BCUT2D eigenvalue weighted by Gasteiger charge is -2.38. The van der Waals surface area contributed by atoms with Crippen LogP contribution in [0.25, 0.3) is 0 Å². The minimum atomic E-state index is -2.39. The molecule has 7 heteroatoms. The molecule has 0 fully saturated rings. The van der Waals surface area contributed by atoms with Crippen molar-refractivity contribution in [3.63, 3.8) is 0 Å². The van der Waals surface area contributed by atoms with E-state index in [1.54, 1.807) is 0 Å². The van der Waals surface area contributed by atoms with E-state index in [2.05, 4.69) is 51.4 Å². The predicted molar refractivity (Wildman–Crippen MR) is 93.4 cm³/mol. The fourth-order valence-electron chi connectivity index (χ4n) is 2.30. The monoisotopic (exact) mass is 342 g/mol. The van der Waals surface area contributed by atoms with Gasteiger partial charge in [-0.25, -0.2) is 0 Å². The van der Waals surface area contributed by atoms with Gasteiger partial charge in [-0.2, -0.15) is 0 Å². The summed E-state index contributed by atoms with van der Waals surface area (Å²) in [5.41, 5.74) is 0. The Balaban J connectivity index is 2.97. The molecule has 0 amide bonds. The molecule has 0 heterocycles. The van der Waals surface area contributed by atoms with Gasteiger partial charge in [0, 0.05) is 0 Å². The van der Waals surface area contributed by atoms with Crippen molar-refractivity contribution in [2.24, 2.45) is 0 Å². The van der Waals surface area contributed by atoms with Crippen molar-refractivity contribution >= 4 is 40.4 Å². The van der Waals surface area contributed by atoms with E-state index in [4.69, 9.17) is 12.3 Å². The van der Waals surface area contributed by atoms with Gasteiger partial charge in [-0.3, -0.25) is 0 Å². The molecule has 0 saturated heterocycles. The zero-order valence-corrected chi connectivity index (χ0v) is 17.6. The number of benzene rings is 1. The third-order valence-corrected chi connectivity index (χ3v) is 14.3. The number of rotatable bonds is 7. The third-order valence-electron chi connectivity index (χ3n) is 2.59. The zero-order chi connectivity index (χ0) is 15.4. The maximum atomic E-state index is 6.50. The van der Waals surface area contributed by atoms with Gasteiger partial charge in [-0.05, 0) is 51.0 Å². The van der Waals surface area contributed by atoms with Crippen LogP contribution >= 0.6 is 0 Å². The first-order chi connectivity index (χ1) is 9.08. The van der Waals surface area contributed by atoms with Crippen LogP contribution in [-0.4, -0.2) is 35.2 Å². The second-order valence-electron chi connectivity index (χ2n) is 6.33. The van der Waals surface area contributed by atoms with Crippen molar-refractivity contribution in [2.75, 3.05) is 0 Å². The average molecular weight is 343 g/mol. The predicted octanol–water partition coefficient (Wildman–Crippen LogP) is 3.22. The van der Waals surface area contributed by atoms with Crippen LogP contribution in [0.1, 0.15) is 0 Å². The van der Waals surface area contributed by atoms with E-state index >= 15 is 0 Å². The van der Waals surface area contributed by atoms with Crippen LogP contribution in [0.5, 0.6) is 0 Å². The Kier molecular flexibility index (Phi) is 6.14. The van der Waals surface area contributed by atoms with E-state index in [0.717, 1.165) is 0 Å². The topological polar surface area (TPSA) is 27.7 Å². The van der Waals surface area contributed by atoms with Gasteiger partial charge in [0.1, 0.15) is 0 Å². The van der Waals surface area contributed by atoms with Crippen molar-refractivity contribution in [3.05, 3.63) is 30.3 Å². The highest BCUT2D eigenvalue weighted by Gasteiger charge is 2.43. The highest BCUT2D eigenvalue weighted by molar-refractivity contribution is 6.92. The Morgan fingerprint density at radius 2 is 1.40 bits per heavy atom. The molecule has 1 atom stereocenters. The van der Waals surface area contributed by atoms with E-state index in [1.165, 1.54) is 5.19 Å². The molecule has 2 radical (unpaired) electrons. The lowest BCUT2D eigenvalue weighted by Crippen LogP contribution is -2.60. The third kappa shape index (κ3) is 5.76. The summed E-state index contributed by atoms with van der Waals surface area (Å²) in [6.45, 7) is 15.0. The summed E-state index contributed by atoms with van der Waals surface area (Å²) in [5.74, 6) is 0. The normalized spacial score (nSPS) is 15.9. The van der Waals surface area contributed by atoms with E-state index < -0.39 is 25.4 Å². The van der Waals surface area contributed by atoms with Crippen molar-refractivity contribution in [2.45, 2.75) is 45.8 Å². The second-order valence-corrected chi connectivity index (χ2v) is 18.7. The average Bonchev–Trinajstić information content (AvgIpc) is 2.26. The molecule has 3 nitrogen and oxygen atoms in total. The first kappa shape index (κ1) is 18.0. The lowest BCUT2D eigenvalue weighted by atomic mass is 10.4. The Bertz CT molecular complexity index is 419. The summed E-state index contributed by atoms with van der Waals surface area (Å²) in [5, 5.41) is 1.18. The Labute approximate surface area is 129 Å². The Morgan fingerprint density at radius 1 is 0.850 bits per heavy atom. The Hall–Kier alpha value is -0.0325. The molecule has 0 aliphatic rings. The molecule has 112 valence electrons. The molecule has 0 bridgehead atoms. The maximum Gasteiger partial charge on any atom is 0.350 e. The van der Waals surface area contributed by atoms with Crippen LogP contribution in [0.15, 0.2) is 30.3 Å². The molecule has 0 spiro atoms. The highest BCUT2D eigenvalue weighted by Crippen LogP contribution is 2.21. The van der Waals surface area contributed by atoms with E-state index in [-0.39, 0.29) is 0 Å². The van der Waals surface area contributed by atoms with Gasteiger partial charge in [0.25, 0.3) is 0 Å². The molecular weight excluding hydrogens is 316 g/mol. The highest BCUT2D eigenvalue weighted by atomic mass is 28.5. The zero-order valence-electron chi connectivity index (χ0n) is 13.6. The fourth-order valence-corrected chi connectivity index (χ4v) is 16.3. The summed E-state index contributed by atoms with van der Waals surface area (Å²) < 4.78 is 18.9. The number of hydrogen-bond acceptors (Lipinski definition) is 3. The van der Waals surface area contributed by atoms with Gasteiger partial charge in [-0.1, -0.05) is 30.3 Å². The van der Waals surface area contributed by atoms with Crippen molar-refractivity contribution < 1.29 is 12.3 Å². The molecule has 0 N–H and O–H groups in total. The molecule has 0 saturated carbocycles. The fraction of sp³-hybridized carbons (Fsp3) is 0.538. The minimum Gasteiger partial charge on any atom is -0.437 e. The maximum absolute atomic E-state index is 6.50. The van der Waals surface area contributed by atoms with Crippen molar-refractivity contribution in [1.29, 1.82) is 0 Å². The van der Waals surface area contributed by atoms with E-state index in [1.807, 2.05) is 24.7 Å². The van der Waals surface area contributed by atoms with Gasteiger partial charge < -0.3 is 12.3 Å². The van der Waals surface area contributed by atoms with Crippen LogP contribution in [-0.2, 0) is 12.3 Å². The van der Waals surface area contributed by atoms with Gasteiger partial charge in [0.15, 0.2) is 8.32 Å². The van der Waals surface area contributed by atoms with Crippen LogP contribution < -0.4 is 5.19 Å². The van der Waals surface area contributed by atoms with Crippen LogP contribution in [0, 0.1) is 0 Å². The molecule has 1 aromatic carbocycles. The lowest BCUT2D eigenvalue weighted by molar-refractivity contribution is 0.344. The summed E-state index contributed by atoms with van der Waals surface area (Å²) in [6.07, 6.45) is 0. The number of hydrogen-bond donors (Lipinski definition) is 0. The second kappa shape index (κ2) is 6.82. The van der Waals surface area contributed by atoms with Gasteiger partial charge in [0.05, 0.1) is 0 Å². The molecule has 1 aromatic rings. The summed E-state index contributed by atoms with van der Waals surface area (Å²) in [7, 11) is -5.77. The van der Waals surface area contributed by atoms with Gasteiger partial charge >= 0.3 is 17.1 Å². The summed E-state index contributed by atoms with van der Waals surface area (Å²) in [4.78, 5) is 0. The summed E-state index contributed by atoms with van der Waals surface area (Å²) in [6, 6.07) is 10.3. The largest absolute Gasteiger partial charge is 0.437 e. The molecule has 0 aromatic heterocycles. The van der Waals surface area contributed by atoms with Gasteiger partial charge in [-0.15, -0.1) is 0 Å². The minimum absolute atomic E-state index is 0.423. The van der Waals surface area contributed by atoms with Crippen LogP contribution in [0.2, 0.25) is 45.8 Å². The molecule has 1 unspecified atom stereocenters. The van der Waals surface area contributed by atoms with Crippen LogP contribution in [0.4, 0.5) is 0 Å². The van der Waals surface area contributed by atoms with E-state index in [0.29, 0.717) is 9.76 Å². The van der Waals surface area contributed by atoms with Crippen molar-refractivity contribution in [3.8, 4) is 0 Å². The van der Waals surface area contributed by atoms with E-state index in [9.17, 15) is 0 Å². The first-order valence-electron chi connectivity index (χ1n) is 6.89. The standard InChI is InChI=1S/C13H26O3Si4/c1-17-14-20(7,13-11-9-8-10-12-13)16-19(5,6)15-18(2,3)4/h8-12H,1-7H3. The molecular formula is C13H26O3Si4. The molecule has 1 rings (SSSR count). The van der Waals surface area contributed by atoms with Crippen LogP contribution in [0.3, 0.4) is 0 Å². The molecule has 0 aliphatic heterocycles. The molecule has 20 heavy (non-hydrogen) atoms. The SMILES string of the molecule is C[Si]O[Si](C)(O[Si](C)(C)O[Si](C)(C)C)c1ccccc1. The quantitative estimate of drug-likeness (QED) is 0.712.